The van der Waals surface area contributed by atoms with E-state index in [0.717, 1.165) is 17.9 Å². The SMILES string of the molecule is O=C(O)C1CSCCN1Cc1cccc(Cl)c1Cl. The molecule has 0 spiro atoms. The second-order valence-corrected chi connectivity index (χ2v) is 6.05. The second-order valence-electron chi connectivity index (χ2n) is 4.11. The maximum absolute atomic E-state index is 11.2. The van der Waals surface area contributed by atoms with E-state index in [1.54, 1.807) is 17.8 Å². The molecule has 0 radical (unpaired) electrons. The van der Waals surface area contributed by atoms with E-state index in [1.165, 1.54) is 0 Å². The number of carboxylic acids is 1. The van der Waals surface area contributed by atoms with Crippen LogP contribution in [0.2, 0.25) is 10.0 Å². The summed E-state index contributed by atoms with van der Waals surface area (Å²) in [6.45, 7) is 1.28. The molecule has 3 nitrogen and oxygen atoms in total. The van der Waals surface area contributed by atoms with Gasteiger partial charge < -0.3 is 5.11 Å². The van der Waals surface area contributed by atoms with Gasteiger partial charge in [-0.2, -0.15) is 11.8 Å². The van der Waals surface area contributed by atoms with Crippen LogP contribution in [0.4, 0.5) is 0 Å². The molecule has 6 heteroatoms. The van der Waals surface area contributed by atoms with E-state index in [2.05, 4.69) is 0 Å². The van der Waals surface area contributed by atoms with Gasteiger partial charge in [-0.1, -0.05) is 35.3 Å². The van der Waals surface area contributed by atoms with Crippen molar-refractivity contribution in [3.05, 3.63) is 33.8 Å². The summed E-state index contributed by atoms with van der Waals surface area (Å²) in [4.78, 5) is 13.1. The summed E-state index contributed by atoms with van der Waals surface area (Å²) in [5.74, 6) is 0.788. The molecule has 1 heterocycles. The van der Waals surface area contributed by atoms with Crippen LogP contribution in [0.15, 0.2) is 18.2 Å². The molecule has 0 saturated carbocycles. The van der Waals surface area contributed by atoms with Gasteiger partial charge in [0.2, 0.25) is 0 Å². The summed E-state index contributed by atoms with van der Waals surface area (Å²) in [7, 11) is 0. The van der Waals surface area contributed by atoms with Crippen molar-refractivity contribution in [1.29, 1.82) is 0 Å². The number of benzene rings is 1. The van der Waals surface area contributed by atoms with Gasteiger partial charge >= 0.3 is 5.97 Å². The Labute approximate surface area is 120 Å². The molecule has 18 heavy (non-hydrogen) atoms. The zero-order valence-electron chi connectivity index (χ0n) is 9.60. The Bertz CT molecular complexity index is 456. The van der Waals surface area contributed by atoms with E-state index >= 15 is 0 Å². The first-order valence-electron chi connectivity index (χ1n) is 5.57. The topological polar surface area (TPSA) is 40.5 Å². The Morgan fingerprint density at radius 3 is 3.00 bits per heavy atom. The van der Waals surface area contributed by atoms with Crippen molar-refractivity contribution in [3.63, 3.8) is 0 Å². The number of hydrogen-bond acceptors (Lipinski definition) is 3. The molecule has 1 atom stereocenters. The molecule has 1 N–H and O–H groups in total. The normalized spacial score (nSPS) is 20.9. The smallest absolute Gasteiger partial charge is 0.321 e. The highest BCUT2D eigenvalue weighted by atomic mass is 35.5. The van der Waals surface area contributed by atoms with Crippen LogP contribution in [-0.2, 0) is 11.3 Å². The van der Waals surface area contributed by atoms with Crippen molar-refractivity contribution in [3.8, 4) is 0 Å². The van der Waals surface area contributed by atoms with Gasteiger partial charge in [0, 0.05) is 24.6 Å². The number of carbonyl (C=O) groups is 1. The summed E-state index contributed by atoms with van der Waals surface area (Å²) in [6, 6.07) is 5.00. The maximum atomic E-state index is 11.2. The molecule has 1 aliphatic heterocycles. The third-order valence-corrected chi connectivity index (χ3v) is 4.81. The fourth-order valence-electron chi connectivity index (χ4n) is 1.94. The van der Waals surface area contributed by atoms with Gasteiger partial charge in [0.05, 0.1) is 10.0 Å². The van der Waals surface area contributed by atoms with E-state index < -0.39 is 12.0 Å². The average molecular weight is 306 g/mol. The van der Waals surface area contributed by atoms with Crippen molar-refractivity contribution in [2.75, 3.05) is 18.1 Å². The number of hydrogen-bond donors (Lipinski definition) is 1. The van der Waals surface area contributed by atoms with Gasteiger partial charge in [-0.05, 0) is 11.6 Å². The van der Waals surface area contributed by atoms with Gasteiger partial charge in [0.25, 0.3) is 0 Å². The third-order valence-electron chi connectivity index (χ3n) is 2.93. The first-order chi connectivity index (χ1) is 8.59. The van der Waals surface area contributed by atoms with E-state index in [-0.39, 0.29) is 0 Å². The van der Waals surface area contributed by atoms with Gasteiger partial charge in [-0.3, -0.25) is 9.69 Å². The molecule has 1 aromatic carbocycles. The first-order valence-corrected chi connectivity index (χ1v) is 7.48. The molecule has 98 valence electrons. The third kappa shape index (κ3) is 3.12. The van der Waals surface area contributed by atoms with Crippen LogP contribution in [0.1, 0.15) is 5.56 Å². The number of nitrogens with zero attached hydrogens (tertiary/aromatic N) is 1. The predicted molar refractivity (Wildman–Crippen MR) is 75.6 cm³/mol. The molecule has 1 saturated heterocycles. The minimum absolute atomic E-state index is 0.446. The monoisotopic (exact) mass is 305 g/mol. The molecule has 2 rings (SSSR count). The highest BCUT2D eigenvalue weighted by Gasteiger charge is 2.29. The highest BCUT2D eigenvalue weighted by molar-refractivity contribution is 7.99. The Morgan fingerprint density at radius 2 is 2.28 bits per heavy atom. The van der Waals surface area contributed by atoms with E-state index in [0.29, 0.717) is 22.3 Å². The molecular formula is C12H13Cl2NO2S. The zero-order valence-corrected chi connectivity index (χ0v) is 11.9. The van der Waals surface area contributed by atoms with Crippen molar-refractivity contribution >= 4 is 40.9 Å². The highest BCUT2D eigenvalue weighted by Crippen LogP contribution is 2.28. The van der Waals surface area contributed by atoms with Crippen LogP contribution < -0.4 is 0 Å². The molecule has 1 fully saturated rings. The van der Waals surface area contributed by atoms with Gasteiger partial charge in [0.15, 0.2) is 0 Å². The number of aliphatic carboxylic acids is 1. The molecule has 0 aliphatic carbocycles. The fourth-order valence-corrected chi connectivity index (χ4v) is 3.43. The minimum atomic E-state index is -0.777. The lowest BCUT2D eigenvalue weighted by Gasteiger charge is -2.32. The zero-order chi connectivity index (χ0) is 13.1. The van der Waals surface area contributed by atoms with Crippen molar-refractivity contribution < 1.29 is 9.90 Å². The standard InChI is InChI=1S/C12H13Cl2NO2S/c13-9-3-1-2-8(11(9)14)6-15-4-5-18-7-10(15)12(16)17/h1-3,10H,4-7H2,(H,16,17). The lowest BCUT2D eigenvalue weighted by molar-refractivity contribution is -0.142. The Balaban J connectivity index is 2.16. The van der Waals surface area contributed by atoms with Crippen LogP contribution in [0, 0.1) is 0 Å². The van der Waals surface area contributed by atoms with E-state index in [1.807, 2.05) is 17.0 Å². The fraction of sp³-hybridized carbons (Fsp3) is 0.417. The Morgan fingerprint density at radius 1 is 1.50 bits per heavy atom. The largest absolute Gasteiger partial charge is 0.480 e. The second kappa shape index (κ2) is 6.15. The van der Waals surface area contributed by atoms with Crippen LogP contribution >= 0.6 is 35.0 Å². The number of rotatable bonds is 3. The van der Waals surface area contributed by atoms with Crippen LogP contribution in [0.5, 0.6) is 0 Å². The lowest BCUT2D eigenvalue weighted by Crippen LogP contribution is -2.46. The van der Waals surface area contributed by atoms with E-state index in [4.69, 9.17) is 23.2 Å². The molecular weight excluding hydrogens is 293 g/mol. The van der Waals surface area contributed by atoms with Crippen LogP contribution in [0.3, 0.4) is 0 Å². The number of carboxylic acid groups (broad SMARTS) is 1. The van der Waals surface area contributed by atoms with Gasteiger partial charge in [-0.25, -0.2) is 0 Å². The quantitative estimate of drug-likeness (QED) is 0.932. The summed E-state index contributed by atoms with van der Waals surface area (Å²) >= 11 is 13.8. The minimum Gasteiger partial charge on any atom is -0.480 e. The lowest BCUT2D eigenvalue weighted by atomic mass is 10.1. The average Bonchev–Trinajstić information content (AvgIpc) is 2.35. The molecule has 1 unspecified atom stereocenters. The predicted octanol–water partition coefficient (Wildman–Crippen LogP) is 3.00. The van der Waals surface area contributed by atoms with Crippen molar-refractivity contribution in [2.24, 2.45) is 0 Å². The molecule has 1 aromatic rings. The van der Waals surface area contributed by atoms with Crippen molar-refractivity contribution in [2.45, 2.75) is 12.6 Å². The molecule has 1 aliphatic rings. The molecule has 0 aromatic heterocycles. The maximum Gasteiger partial charge on any atom is 0.321 e. The van der Waals surface area contributed by atoms with Crippen LogP contribution in [-0.4, -0.2) is 40.1 Å². The molecule has 0 amide bonds. The Hall–Kier alpha value is -0.420. The van der Waals surface area contributed by atoms with Gasteiger partial charge in [-0.15, -0.1) is 0 Å². The van der Waals surface area contributed by atoms with E-state index in [9.17, 15) is 9.90 Å². The summed E-state index contributed by atoms with van der Waals surface area (Å²) in [5.41, 5.74) is 0.877. The first kappa shape index (κ1) is 14.0. The van der Waals surface area contributed by atoms with Gasteiger partial charge in [0.1, 0.15) is 6.04 Å². The van der Waals surface area contributed by atoms with Crippen LogP contribution in [0.25, 0.3) is 0 Å². The van der Waals surface area contributed by atoms with Crippen molar-refractivity contribution in [1.82, 2.24) is 4.90 Å². The summed E-state index contributed by atoms with van der Waals surface area (Å²) in [6.07, 6.45) is 0. The molecule has 0 bridgehead atoms. The summed E-state index contributed by atoms with van der Waals surface area (Å²) in [5, 5.41) is 10.2. The number of thioether (sulfide) groups is 1. The summed E-state index contributed by atoms with van der Waals surface area (Å²) < 4.78 is 0. The number of halogens is 2. The Kier molecular flexibility index (Phi) is 4.78.